The molecular weight excluding hydrogens is 260 g/mol. The van der Waals surface area contributed by atoms with E-state index in [-0.39, 0.29) is 11.7 Å². The van der Waals surface area contributed by atoms with Crippen molar-refractivity contribution < 1.29 is 19.4 Å². The van der Waals surface area contributed by atoms with Gasteiger partial charge in [0.15, 0.2) is 17.2 Å². The molecule has 1 N–H and O–H groups in total. The molecule has 0 atom stereocenters. The Kier molecular flexibility index (Phi) is 4.49. The van der Waals surface area contributed by atoms with E-state index in [9.17, 15) is 4.79 Å². The molecule has 0 unspecified atom stereocenters. The third-order valence-corrected chi connectivity index (χ3v) is 2.36. The van der Waals surface area contributed by atoms with Crippen molar-refractivity contribution in [3.63, 3.8) is 0 Å². The first-order valence-electron chi connectivity index (χ1n) is 6.16. The van der Waals surface area contributed by atoms with E-state index in [0.717, 1.165) is 6.42 Å². The molecule has 1 heterocycles. The van der Waals surface area contributed by atoms with Crippen LogP contribution < -0.4 is 9.47 Å². The van der Waals surface area contributed by atoms with Crippen molar-refractivity contribution in [2.45, 2.75) is 13.3 Å². The van der Waals surface area contributed by atoms with E-state index in [1.807, 2.05) is 13.0 Å². The van der Waals surface area contributed by atoms with Crippen LogP contribution in [0, 0.1) is 0 Å². The minimum atomic E-state index is -1.13. The van der Waals surface area contributed by atoms with Gasteiger partial charge in [-0.25, -0.2) is 9.78 Å². The zero-order chi connectivity index (χ0) is 14.4. The summed E-state index contributed by atoms with van der Waals surface area (Å²) >= 11 is 0. The van der Waals surface area contributed by atoms with Crippen LogP contribution in [0.5, 0.6) is 17.5 Å². The van der Waals surface area contributed by atoms with Gasteiger partial charge in [0.25, 0.3) is 0 Å². The molecule has 2 aromatic rings. The second-order valence-corrected chi connectivity index (χ2v) is 3.93. The van der Waals surface area contributed by atoms with Gasteiger partial charge in [-0.15, -0.1) is 0 Å². The van der Waals surface area contributed by atoms with E-state index >= 15 is 0 Å². The molecule has 0 saturated carbocycles. The van der Waals surface area contributed by atoms with Crippen LogP contribution >= 0.6 is 0 Å². The van der Waals surface area contributed by atoms with Crippen molar-refractivity contribution in [2.75, 3.05) is 6.61 Å². The predicted molar refractivity (Wildman–Crippen MR) is 71.3 cm³/mol. The van der Waals surface area contributed by atoms with Gasteiger partial charge in [0.05, 0.1) is 6.61 Å². The minimum Gasteiger partial charge on any atom is -0.490 e. The molecule has 0 spiro atoms. The van der Waals surface area contributed by atoms with Gasteiger partial charge in [-0.1, -0.05) is 19.1 Å². The lowest BCUT2D eigenvalue weighted by molar-refractivity contribution is 0.0689. The monoisotopic (exact) mass is 274 g/mol. The van der Waals surface area contributed by atoms with Crippen LogP contribution in [0.15, 0.2) is 36.5 Å². The Bertz CT molecular complexity index is 601. The molecule has 6 nitrogen and oxygen atoms in total. The Morgan fingerprint density at radius 1 is 1.25 bits per heavy atom. The molecule has 0 aliphatic carbocycles. The van der Waals surface area contributed by atoms with Crippen LogP contribution in [0.2, 0.25) is 0 Å². The Morgan fingerprint density at radius 3 is 2.70 bits per heavy atom. The van der Waals surface area contributed by atoms with E-state index in [1.165, 1.54) is 12.3 Å². The van der Waals surface area contributed by atoms with Gasteiger partial charge in [-0.2, -0.15) is 4.98 Å². The molecule has 2 rings (SSSR count). The van der Waals surface area contributed by atoms with Crippen LogP contribution in [-0.2, 0) is 0 Å². The highest BCUT2D eigenvalue weighted by molar-refractivity contribution is 5.85. The number of carboxylic acid groups (broad SMARTS) is 1. The van der Waals surface area contributed by atoms with E-state index in [2.05, 4.69) is 9.97 Å². The van der Waals surface area contributed by atoms with Crippen LogP contribution in [0.3, 0.4) is 0 Å². The quantitative estimate of drug-likeness (QED) is 0.872. The van der Waals surface area contributed by atoms with Crippen LogP contribution in [-0.4, -0.2) is 27.7 Å². The normalized spacial score (nSPS) is 10.1. The summed E-state index contributed by atoms with van der Waals surface area (Å²) in [7, 11) is 0. The molecule has 0 aliphatic rings. The third-order valence-electron chi connectivity index (χ3n) is 2.36. The maximum atomic E-state index is 10.8. The number of aromatic nitrogens is 2. The molecule has 104 valence electrons. The lowest BCUT2D eigenvalue weighted by atomic mass is 10.3. The van der Waals surface area contributed by atoms with Gasteiger partial charge < -0.3 is 14.6 Å². The number of para-hydroxylation sites is 2. The first-order chi connectivity index (χ1) is 9.70. The summed E-state index contributed by atoms with van der Waals surface area (Å²) in [6, 6.07) is 8.36. The summed E-state index contributed by atoms with van der Waals surface area (Å²) in [6.07, 6.45) is 2.21. The van der Waals surface area contributed by atoms with Gasteiger partial charge in [0.2, 0.25) is 0 Å². The first-order valence-corrected chi connectivity index (χ1v) is 6.16. The highest BCUT2D eigenvalue weighted by Gasteiger charge is 2.10. The first kappa shape index (κ1) is 13.8. The minimum absolute atomic E-state index is 0.0301. The molecule has 1 aromatic carbocycles. The molecule has 0 bridgehead atoms. The van der Waals surface area contributed by atoms with E-state index in [0.29, 0.717) is 18.1 Å². The average Bonchev–Trinajstić information content (AvgIpc) is 2.46. The van der Waals surface area contributed by atoms with Gasteiger partial charge >= 0.3 is 12.0 Å². The number of hydrogen-bond donors (Lipinski definition) is 1. The summed E-state index contributed by atoms with van der Waals surface area (Å²) in [6.45, 7) is 2.57. The highest BCUT2D eigenvalue weighted by Crippen LogP contribution is 2.29. The molecule has 0 aliphatic heterocycles. The molecule has 0 amide bonds. The maximum Gasteiger partial charge on any atom is 0.354 e. The summed E-state index contributed by atoms with van der Waals surface area (Å²) in [5, 5.41) is 8.88. The van der Waals surface area contributed by atoms with Crippen LogP contribution in [0.1, 0.15) is 23.8 Å². The standard InChI is InChI=1S/C14H14N2O4/c1-2-9-19-11-5-3-4-6-12(11)20-14-15-8-7-10(16-14)13(17)18/h3-8H,2,9H2,1H3,(H,17,18). The predicted octanol–water partition coefficient (Wildman–Crippen LogP) is 2.76. The van der Waals surface area contributed by atoms with E-state index < -0.39 is 5.97 Å². The van der Waals surface area contributed by atoms with E-state index in [1.54, 1.807) is 18.2 Å². The Hall–Kier alpha value is -2.63. The third kappa shape index (κ3) is 3.44. The van der Waals surface area contributed by atoms with Crippen molar-refractivity contribution in [1.29, 1.82) is 0 Å². The number of aromatic carboxylic acids is 1. The summed E-state index contributed by atoms with van der Waals surface area (Å²) < 4.78 is 11.0. The Labute approximate surface area is 116 Å². The van der Waals surface area contributed by atoms with Crippen molar-refractivity contribution in [3.05, 3.63) is 42.2 Å². The number of ether oxygens (including phenoxy) is 2. The van der Waals surface area contributed by atoms with Crippen molar-refractivity contribution in [2.24, 2.45) is 0 Å². The second kappa shape index (κ2) is 6.51. The van der Waals surface area contributed by atoms with Gasteiger partial charge in [0.1, 0.15) is 0 Å². The Balaban J connectivity index is 2.21. The Morgan fingerprint density at radius 2 is 2.00 bits per heavy atom. The van der Waals surface area contributed by atoms with Crippen molar-refractivity contribution in [1.82, 2.24) is 9.97 Å². The van der Waals surface area contributed by atoms with Crippen LogP contribution in [0.25, 0.3) is 0 Å². The molecule has 1 aromatic heterocycles. The summed E-state index contributed by atoms with van der Waals surface area (Å²) in [4.78, 5) is 18.5. The molecule has 6 heteroatoms. The smallest absolute Gasteiger partial charge is 0.354 e. The number of rotatable bonds is 6. The number of nitrogens with zero attached hydrogens (tertiary/aromatic N) is 2. The van der Waals surface area contributed by atoms with Gasteiger partial charge in [0, 0.05) is 6.20 Å². The topological polar surface area (TPSA) is 81.5 Å². The molecule has 0 saturated heterocycles. The largest absolute Gasteiger partial charge is 0.490 e. The zero-order valence-electron chi connectivity index (χ0n) is 10.9. The molecule has 0 fully saturated rings. The zero-order valence-corrected chi connectivity index (χ0v) is 10.9. The number of carboxylic acids is 1. The van der Waals surface area contributed by atoms with Crippen molar-refractivity contribution in [3.8, 4) is 17.5 Å². The number of benzene rings is 1. The fourth-order valence-corrected chi connectivity index (χ4v) is 1.47. The molecular formula is C14H14N2O4. The SMILES string of the molecule is CCCOc1ccccc1Oc1nccc(C(=O)O)n1. The highest BCUT2D eigenvalue weighted by atomic mass is 16.5. The fraction of sp³-hybridized carbons (Fsp3) is 0.214. The molecule has 20 heavy (non-hydrogen) atoms. The lowest BCUT2D eigenvalue weighted by Gasteiger charge is -2.10. The maximum absolute atomic E-state index is 10.8. The molecule has 0 radical (unpaired) electrons. The van der Waals surface area contributed by atoms with Gasteiger partial charge in [-0.3, -0.25) is 0 Å². The lowest BCUT2D eigenvalue weighted by Crippen LogP contribution is -2.03. The summed E-state index contributed by atoms with van der Waals surface area (Å²) in [5.41, 5.74) is -0.123. The second-order valence-electron chi connectivity index (χ2n) is 3.93. The number of hydrogen-bond acceptors (Lipinski definition) is 5. The van der Waals surface area contributed by atoms with Crippen molar-refractivity contribution >= 4 is 5.97 Å². The van der Waals surface area contributed by atoms with Gasteiger partial charge in [-0.05, 0) is 24.6 Å². The summed E-state index contributed by atoms with van der Waals surface area (Å²) in [5.74, 6) is -0.116. The van der Waals surface area contributed by atoms with E-state index in [4.69, 9.17) is 14.6 Å². The average molecular weight is 274 g/mol. The fourth-order valence-electron chi connectivity index (χ4n) is 1.47. The van der Waals surface area contributed by atoms with Crippen LogP contribution in [0.4, 0.5) is 0 Å². The number of carbonyl (C=O) groups is 1.